The highest BCUT2D eigenvalue weighted by Gasteiger charge is 2.15. The SMILES string of the molecule is c1csc(CNc2ccc(OCC3CCCO3)cc2)c1. The smallest absolute Gasteiger partial charge is 0.119 e. The Morgan fingerprint density at radius 3 is 2.85 bits per heavy atom. The molecule has 1 aromatic heterocycles. The quantitative estimate of drug-likeness (QED) is 0.874. The molecule has 0 spiro atoms. The molecule has 1 fully saturated rings. The number of thiophene rings is 1. The number of hydrogen-bond acceptors (Lipinski definition) is 4. The third kappa shape index (κ3) is 3.74. The minimum Gasteiger partial charge on any atom is -0.491 e. The van der Waals surface area contributed by atoms with Crippen LogP contribution in [-0.2, 0) is 11.3 Å². The molecule has 0 bridgehead atoms. The number of anilines is 1. The third-order valence-electron chi connectivity index (χ3n) is 3.36. The van der Waals surface area contributed by atoms with Crippen molar-refractivity contribution in [3.05, 3.63) is 46.7 Å². The summed E-state index contributed by atoms with van der Waals surface area (Å²) < 4.78 is 11.3. The molecule has 1 aliphatic rings. The van der Waals surface area contributed by atoms with Crippen LogP contribution in [0.3, 0.4) is 0 Å². The molecule has 0 radical (unpaired) electrons. The zero-order chi connectivity index (χ0) is 13.6. The Bertz CT molecular complexity index is 504. The Morgan fingerprint density at radius 2 is 2.15 bits per heavy atom. The Kier molecular flexibility index (Phi) is 4.56. The summed E-state index contributed by atoms with van der Waals surface area (Å²) in [5, 5.41) is 5.50. The molecule has 1 aromatic carbocycles. The van der Waals surface area contributed by atoms with Crippen LogP contribution in [0.15, 0.2) is 41.8 Å². The average Bonchev–Trinajstić information content (AvgIpc) is 3.17. The highest BCUT2D eigenvalue weighted by molar-refractivity contribution is 7.09. The topological polar surface area (TPSA) is 30.5 Å². The van der Waals surface area contributed by atoms with Crippen LogP contribution in [0.4, 0.5) is 5.69 Å². The van der Waals surface area contributed by atoms with Gasteiger partial charge in [0.15, 0.2) is 0 Å². The lowest BCUT2D eigenvalue weighted by atomic mass is 10.2. The average molecular weight is 289 g/mol. The van der Waals surface area contributed by atoms with Crippen LogP contribution in [0, 0.1) is 0 Å². The third-order valence-corrected chi connectivity index (χ3v) is 4.24. The van der Waals surface area contributed by atoms with Gasteiger partial charge >= 0.3 is 0 Å². The predicted molar refractivity (Wildman–Crippen MR) is 82.6 cm³/mol. The van der Waals surface area contributed by atoms with E-state index < -0.39 is 0 Å². The van der Waals surface area contributed by atoms with Crippen LogP contribution in [0.25, 0.3) is 0 Å². The normalized spacial score (nSPS) is 18.1. The molecule has 4 heteroatoms. The van der Waals surface area contributed by atoms with Crippen LogP contribution in [0.2, 0.25) is 0 Å². The number of hydrogen-bond donors (Lipinski definition) is 1. The molecule has 1 N–H and O–H groups in total. The maximum Gasteiger partial charge on any atom is 0.119 e. The van der Waals surface area contributed by atoms with E-state index in [0.29, 0.717) is 6.61 Å². The van der Waals surface area contributed by atoms with E-state index in [4.69, 9.17) is 9.47 Å². The fourth-order valence-corrected chi connectivity index (χ4v) is 2.88. The Morgan fingerprint density at radius 1 is 1.25 bits per heavy atom. The van der Waals surface area contributed by atoms with Crippen LogP contribution >= 0.6 is 11.3 Å². The standard InChI is InChI=1S/C16H19NO2S/c1-3-15(18-9-1)12-19-14-7-5-13(6-8-14)17-11-16-4-2-10-20-16/h2,4-8,10,15,17H,1,3,9,11-12H2. The van der Waals surface area contributed by atoms with Gasteiger partial charge < -0.3 is 14.8 Å². The zero-order valence-electron chi connectivity index (χ0n) is 11.4. The van der Waals surface area contributed by atoms with Crippen LogP contribution in [-0.4, -0.2) is 19.3 Å². The van der Waals surface area contributed by atoms with E-state index in [9.17, 15) is 0 Å². The van der Waals surface area contributed by atoms with Crippen molar-refractivity contribution in [2.75, 3.05) is 18.5 Å². The first-order valence-corrected chi connectivity index (χ1v) is 7.89. The molecule has 20 heavy (non-hydrogen) atoms. The van der Waals surface area contributed by atoms with Crippen molar-refractivity contribution in [2.45, 2.75) is 25.5 Å². The van der Waals surface area contributed by atoms with E-state index in [2.05, 4.69) is 35.0 Å². The summed E-state index contributed by atoms with van der Waals surface area (Å²) in [5.41, 5.74) is 1.11. The summed E-state index contributed by atoms with van der Waals surface area (Å²) in [5.74, 6) is 0.905. The lowest BCUT2D eigenvalue weighted by molar-refractivity contribution is 0.0679. The minimum atomic E-state index is 0.270. The lowest BCUT2D eigenvalue weighted by Gasteiger charge is -2.12. The molecular formula is C16H19NO2S. The molecule has 0 saturated carbocycles. The summed E-state index contributed by atoms with van der Waals surface area (Å²) in [6, 6.07) is 12.3. The lowest BCUT2D eigenvalue weighted by Crippen LogP contribution is -2.16. The van der Waals surface area contributed by atoms with Crippen molar-refractivity contribution < 1.29 is 9.47 Å². The van der Waals surface area contributed by atoms with Gasteiger partial charge in [0.2, 0.25) is 0 Å². The van der Waals surface area contributed by atoms with Gasteiger partial charge in [0.05, 0.1) is 6.10 Å². The van der Waals surface area contributed by atoms with Gasteiger partial charge in [-0.1, -0.05) is 6.07 Å². The molecule has 2 heterocycles. The summed E-state index contributed by atoms with van der Waals surface area (Å²) in [6.45, 7) is 2.40. The molecule has 1 saturated heterocycles. The molecule has 1 unspecified atom stereocenters. The second-order valence-corrected chi connectivity index (χ2v) is 5.94. The second kappa shape index (κ2) is 6.77. The fourth-order valence-electron chi connectivity index (χ4n) is 2.24. The van der Waals surface area contributed by atoms with Crippen LogP contribution in [0.5, 0.6) is 5.75 Å². The van der Waals surface area contributed by atoms with Crippen molar-refractivity contribution in [1.29, 1.82) is 0 Å². The first-order chi connectivity index (χ1) is 9.90. The second-order valence-electron chi connectivity index (χ2n) is 4.90. The van der Waals surface area contributed by atoms with Crippen molar-refractivity contribution in [3.8, 4) is 5.75 Å². The summed E-state index contributed by atoms with van der Waals surface area (Å²) in [4.78, 5) is 1.34. The van der Waals surface area contributed by atoms with Gasteiger partial charge in [-0.05, 0) is 48.6 Å². The van der Waals surface area contributed by atoms with Crippen molar-refractivity contribution in [2.24, 2.45) is 0 Å². The Labute approximate surface area is 123 Å². The fraction of sp³-hybridized carbons (Fsp3) is 0.375. The summed E-state index contributed by atoms with van der Waals surface area (Å²) in [7, 11) is 0. The maximum absolute atomic E-state index is 5.74. The Hall–Kier alpha value is -1.52. The van der Waals surface area contributed by atoms with E-state index >= 15 is 0 Å². The van der Waals surface area contributed by atoms with Gasteiger partial charge in [0.1, 0.15) is 12.4 Å². The molecule has 1 aliphatic heterocycles. The minimum absolute atomic E-state index is 0.270. The molecule has 3 nitrogen and oxygen atoms in total. The van der Waals surface area contributed by atoms with Crippen LogP contribution < -0.4 is 10.1 Å². The van der Waals surface area contributed by atoms with E-state index in [1.807, 2.05) is 12.1 Å². The Balaban J connectivity index is 1.46. The molecule has 0 aliphatic carbocycles. The largest absolute Gasteiger partial charge is 0.491 e. The van der Waals surface area contributed by atoms with Gasteiger partial charge in [0, 0.05) is 23.7 Å². The summed E-state index contributed by atoms with van der Waals surface area (Å²) >= 11 is 1.77. The first kappa shape index (κ1) is 13.5. The van der Waals surface area contributed by atoms with Crippen molar-refractivity contribution in [1.82, 2.24) is 0 Å². The van der Waals surface area contributed by atoms with E-state index in [1.54, 1.807) is 11.3 Å². The zero-order valence-corrected chi connectivity index (χ0v) is 12.2. The van der Waals surface area contributed by atoms with Gasteiger partial charge in [-0.25, -0.2) is 0 Å². The molecule has 106 valence electrons. The maximum atomic E-state index is 5.74. The summed E-state index contributed by atoms with van der Waals surface area (Å²) in [6.07, 6.45) is 2.53. The number of ether oxygens (including phenoxy) is 2. The van der Waals surface area contributed by atoms with Crippen molar-refractivity contribution in [3.63, 3.8) is 0 Å². The van der Waals surface area contributed by atoms with Crippen LogP contribution in [0.1, 0.15) is 17.7 Å². The molecule has 0 amide bonds. The van der Waals surface area contributed by atoms with Gasteiger partial charge in [0.25, 0.3) is 0 Å². The highest BCUT2D eigenvalue weighted by Crippen LogP contribution is 2.19. The number of rotatable bonds is 6. The van der Waals surface area contributed by atoms with Gasteiger partial charge in [-0.15, -0.1) is 11.3 Å². The monoisotopic (exact) mass is 289 g/mol. The first-order valence-electron chi connectivity index (χ1n) is 7.01. The highest BCUT2D eigenvalue weighted by atomic mass is 32.1. The van der Waals surface area contributed by atoms with Gasteiger partial charge in [-0.3, -0.25) is 0 Å². The van der Waals surface area contributed by atoms with E-state index in [-0.39, 0.29) is 6.10 Å². The van der Waals surface area contributed by atoms with Gasteiger partial charge in [-0.2, -0.15) is 0 Å². The molecular weight excluding hydrogens is 270 g/mol. The predicted octanol–water partition coefficient (Wildman–Crippen LogP) is 3.92. The molecule has 2 aromatic rings. The van der Waals surface area contributed by atoms with Crippen molar-refractivity contribution >= 4 is 17.0 Å². The molecule has 1 atom stereocenters. The van der Waals surface area contributed by atoms with E-state index in [1.165, 1.54) is 4.88 Å². The van der Waals surface area contributed by atoms with E-state index in [0.717, 1.165) is 37.4 Å². The number of benzene rings is 1. The number of nitrogens with one attached hydrogen (secondary N) is 1. The molecule has 3 rings (SSSR count).